The van der Waals surface area contributed by atoms with Gasteiger partial charge >= 0.3 is 0 Å². The predicted molar refractivity (Wildman–Crippen MR) is 95.1 cm³/mol. The van der Waals surface area contributed by atoms with E-state index in [9.17, 15) is 13.2 Å². The fourth-order valence-electron chi connectivity index (χ4n) is 2.72. The second-order valence-electron chi connectivity index (χ2n) is 6.49. The largest absolute Gasteiger partial charge is 0.370 e. The van der Waals surface area contributed by atoms with Crippen LogP contribution in [0.5, 0.6) is 0 Å². The summed E-state index contributed by atoms with van der Waals surface area (Å²) in [5, 5.41) is 3.21. The van der Waals surface area contributed by atoms with Crippen molar-refractivity contribution in [3.63, 3.8) is 0 Å². The van der Waals surface area contributed by atoms with Gasteiger partial charge in [0.15, 0.2) is 9.84 Å². The molecule has 8 heteroatoms. The molecule has 24 heavy (non-hydrogen) atoms. The third-order valence-corrected chi connectivity index (χ3v) is 5.92. The molecule has 1 aliphatic rings. The van der Waals surface area contributed by atoms with Crippen LogP contribution in [0.2, 0.25) is 0 Å². The quantitative estimate of drug-likeness (QED) is 0.726. The first-order chi connectivity index (χ1) is 11.3. The number of anilines is 1. The molecule has 2 heterocycles. The Morgan fingerprint density at radius 1 is 1.38 bits per heavy atom. The van der Waals surface area contributed by atoms with Crippen LogP contribution in [-0.2, 0) is 9.84 Å². The number of carbonyl (C=O) groups excluding carboxylic acids is 1. The van der Waals surface area contributed by atoms with Gasteiger partial charge in [0.1, 0.15) is 5.82 Å². The first kappa shape index (κ1) is 18.7. The van der Waals surface area contributed by atoms with Crippen LogP contribution in [0.4, 0.5) is 5.82 Å². The van der Waals surface area contributed by atoms with Crippen LogP contribution in [-0.4, -0.2) is 80.9 Å². The summed E-state index contributed by atoms with van der Waals surface area (Å²) in [5.74, 6) is 0.697. The third kappa shape index (κ3) is 5.17. The van der Waals surface area contributed by atoms with Crippen molar-refractivity contribution >= 4 is 21.6 Å². The van der Waals surface area contributed by atoms with E-state index in [4.69, 9.17) is 0 Å². The van der Waals surface area contributed by atoms with E-state index in [1.54, 1.807) is 25.4 Å². The highest BCUT2D eigenvalue weighted by atomic mass is 32.2. The van der Waals surface area contributed by atoms with Crippen molar-refractivity contribution in [3.8, 4) is 0 Å². The summed E-state index contributed by atoms with van der Waals surface area (Å²) < 4.78 is 23.2. The van der Waals surface area contributed by atoms with Gasteiger partial charge in [-0.2, -0.15) is 0 Å². The summed E-state index contributed by atoms with van der Waals surface area (Å²) in [7, 11) is 2.70. The standard InChI is InChI=1S/C16H26N4O3S/c1-19(2)9-4-7-17-15-11-13(5-8-18-15)16(21)20(3)14-6-10-24(22,23)12-14/h5,8,11,14H,4,6-7,9-10,12H2,1-3H3,(H,17,18). The Hall–Kier alpha value is -1.67. The lowest BCUT2D eigenvalue weighted by molar-refractivity contribution is 0.0747. The minimum atomic E-state index is -3.01. The van der Waals surface area contributed by atoms with Crippen LogP contribution in [0.25, 0.3) is 0 Å². The molecule has 0 aromatic carbocycles. The molecule has 0 spiro atoms. The average Bonchev–Trinajstić information content (AvgIpc) is 2.90. The van der Waals surface area contributed by atoms with Crippen molar-refractivity contribution < 1.29 is 13.2 Å². The van der Waals surface area contributed by atoms with E-state index in [1.807, 2.05) is 14.1 Å². The van der Waals surface area contributed by atoms with Gasteiger partial charge in [-0.05, 0) is 45.6 Å². The summed E-state index contributed by atoms with van der Waals surface area (Å²) in [4.78, 5) is 20.5. The minimum Gasteiger partial charge on any atom is -0.370 e. The summed E-state index contributed by atoms with van der Waals surface area (Å²) in [6.45, 7) is 1.75. The highest BCUT2D eigenvalue weighted by Crippen LogP contribution is 2.19. The zero-order valence-electron chi connectivity index (χ0n) is 14.5. The van der Waals surface area contributed by atoms with Crippen LogP contribution in [0.15, 0.2) is 18.3 Å². The number of pyridine rings is 1. The van der Waals surface area contributed by atoms with Gasteiger partial charge < -0.3 is 15.1 Å². The van der Waals surface area contributed by atoms with Crippen molar-refractivity contribution in [1.82, 2.24) is 14.8 Å². The van der Waals surface area contributed by atoms with Crippen molar-refractivity contribution in [3.05, 3.63) is 23.9 Å². The molecule has 1 saturated heterocycles. The number of hydrogen-bond donors (Lipinski definition) is 1. The molecule has 1 unspecified atom stereocenters. The lowest BCUT2D eigenvalue weighted by Crippen LogP contribution is -2.37. The molecule has 1 fully saturated rings. The molecule has 1 aromatic rings. The highest BCUT2D eigenvalue weighted by Gasteiger charge is 2.33. The molecular formula is C16H26N4O3S. The van der Waals surface area contributed by atoms with Gasteiger partial charge in [-0.3, -0.25) is 4.79 Å². The zero-order chi connectivity index (χ0) is 17.7. The SMILES string of the molecule is CN(C)CCCNc1cc(C(=O)N(C)C2CCS(=O)(=O)C2)ccn1. The summed E-state index contributed by atoms with van der Waals surface area (Å²) in [6, 6.07) is 3.14. The molecule has 2 rings (SSSR count). The van der Waals surface area contributed by atoms with E-state index in [-0.39, 0.29) is 23.5 Å². The lowest BCUT2D eigenvalue weighted by Gasteiger charge is -2.23. The number of nitrogens with zero attached hydrogens (tertiary/aromatic N) is 3. The Balaban J connectivity index is 1.96. The minimum absolute atomic E-state index is 0.0516. The summed E-state index contributed by atoms with van der Waals surface area (Å²) in [5.41, 5.74) is 0.520. The van der Waals surface area contributed by atoms with Gasteiger partial charge in [-0.15, -0.1) is 0 Å². The molecule has 1 aliphatic heterocycles. The number of hydrogen-bond acceptors (Lipinski definition) is 6. The smallest absolute Gasteiger partial charge is 0.254 e. The second kappa shape index (κ2) is 7.94. The number of sulfone groups is 1. The molecule has 0 aliphatic carbocycles. The normalized spacial score (nSPS) is 19.4. The van der Waals surface area contributed by atoms with E-state index in [2.05, 4.69) is 15.2 Å². The number of aromatic nitrogens is 1. The molecule has 0 bridgehead atoms. The van der Waals surface area contributed by atoms with E-state index in [1.165, 1.54) is 4.90 Å². The molecule has 7 nitrogen and oxygen atoms in total. The van der Waals surface area contributed by atoms with Crippen molar-refractivity contribution in [1.29, 1.82) is 0 Å². The second-order valence-corrected chi connectivity index (χ2v) is 8.72. The Bertz CT molecular complexity index is 676. The van der Waals surface area contributed by atoms with Crippen molar-refractivity contribution in [2.24, 2.45) is 0 Å². The van der Waals surface area contributed by atoms with Gasteiger partial charge in [0.25, 0.3) is 5.91 Å². The molecule has 1 aromatic heterocycles. The fourth-order valence-corrected chi connectivity index (χ4v) is 4.50. The van der Waals surface area contributed by atoms with Crippen LogP contribution in [0.1, 0.15) is 23.2 Å². The third-order valence-electron chi connectivity index (χ3n) is 4.17. The maximum Gasteiger partial charge on any atom is 0.254 e. The Kier molecular flexibility index (Phi) is 6.17. The van der Waals surface area contributed by atoms with E-state index in [0.717, 1.165) is 19.5 Å². The maximum atomic E-state index is 12.6. The number of rotatable bonds is 7. The van der Waals surface area contributed by atoms with Crippen LogP contribution in [0.3, 0.4) is 0 Å². The van der Waals surface area contributed by atoms with Crippen LogP contribution >= 0.6 is 0 Å². The number of amides is 1. The summed E-state index contributed by atoms with van der Waals surface area (Å²) in [6.07, 6.45) is 3.08. The first-order valence-electron chi connectivity index (χ1n) is 8.11. The predicted octanol–water partition coefficient (Wildman–Crippen LogP) is 0.704. The summed E-state index contributed by atoms with van der Waals surface area (Å²) >= 11 is 0. The Morgan fingerprint density at radius 3 is 2.75 bits per heavy atom. The lowest BCUT2D eigenvalue weighted by atomic mass is 10.2. The van der Waals surface area contributed by atoms with Crippen LogP contribution in [0, 0.1) is 0 Å². The Labute approximate surface area is 144 Å². The molecule has 134 valence electrons. The molecule has 0 saturated carbocycles. The topological polar surface area (TPSA) is 82.6 Å². The number of nitrogens with one attached hydrogen (secondary N) is 1. The van der Waals surface area contributed by atoms with Gasteiger partial charge in [-0.25, -0.2) is 13.4 Å². The molecule has 1 N–H and O–H groups in total. The van der Waals surface area contributed by atoms with Gasteiger partial charge in [0.05, 0.1) is 11.5 Å². The van der Waals surface area contributed by atoms with E-state index >= 15 is 0 Å². The molecule has 1 amide bonds. The van der Waals surface area contributed by atoms with Crippen molar-refractivity contribution in [2.45, 2.75) is 18.9 Å². The molecular weight excluding hydrogens is 328 g/mol. The monoisotopic (exact) mass is 354 g/mol. The Morgan fingerprint density at radius 2 is 2.12 bits per heavy atom. The fraction of sp³-hybridized carbons (Fsp3) is 0.625. The molecule has 1 atom stereocenters. The highest BCUT2D eigenvalue weighted by molar-refractivity contribution is 7.91. The van der Waals surface area contributed by atoms with Gasteiger partial charge in [0.2, 0.25) is 0 Å². The van der Waals surface area contributed by atoms with Crippen LogP contribution < -0.4 is 5.32 Å². The maximum absolute atomic E-state index is 12.6. The average molecular weight is 354 g/mol. The van der Waals surface area contributed by atoms with Gasteiger partial charge in [0, 0.05) is 31.4 Å². The first-order valence-corrected chi connectivity index (χ1v) is 9.93. The van der Waals surface area contributed by atoms with E-state index in [0.29, 0.717) is 17.8 Å². The van der Waals surface area contributed by atoms with Crippen molar-refractivity contribution in [2.75, 3.05) is 51.1 Å². The van der Waals surface area contributed by atoms with Gasteiger partial charge in [-0.1, -0.05) is 0 Å². The zero-order valence-corrected chi connectivity index (χ0v) is 15.3. The molecule has 0 radical (unpaired) electrons. The van der Waals surface area contributed by atoms with E-state index < -0.39 is 9.84 Å². The number of carbonyl (C=O) groups is 1.